The van der Waals surface area contributed by atoms with Crippen molar-refractivity contribution in [1.82, 2.24) is 25.4 Å². The standard InChI is InChI=1S/C24H21F2N5O2S/c1-14(20-8-9-21(34-20)17-12-16(25)6-5-15(17)13-27-2)29-24(33)18-7-10-22(32)31(30-18)19-4-3-11-28-23(19)26/h3-12,14,27H,13H2,1-2H3,(H,29,33)/t14-/m1/s1. The predicted molar refractivity (Wildman–Crippen MR) is 126 cm³/mol. The second-order valence-corrected chi connectivity index (χ2v) is 8.63. The maximum atomic E-state index is 14.0. The van der Waals surface area contributed by atoms with Crippen molar-refractivity contribution in [3.8, 4) is 16.1 Å². The third kappa shape index (κ3) is 4.92. The van der Waals surface area contributed by atoms with Gasteiger partial charge in [0.05, 0.1) is 6.04 Å². The minimum absolute atomic E-state index is 0.0482. The highest BCUT2D eigenvalue weighted by atomic mass is 32.1. The van der Waals surface area contributed by atoms with E-state index in [0.29, 0.717) is 6.54 Å². The monoisotopic (exact) mass is 481 g/mol. The number of carbonyl (C=O) groups is 1. The molecule has 0 radical (unpaired) electrons. The van der Waals surface area contributed by atoms with Gasteiger partial charge in [-0.15, -0.1) is 11.3 Å². The van der Waals surface area contributed by atoms with Gasteiger partial charge in [0.15, 0.2) is 0 Å². The number of hydrogen-bond donors (Lipinski definition) is 2. The summed E-state index contributed by atoms with van der Waals surface area (Å²) >= 11 is 1.44. The van der Waals surface area contributed by atoms with Gasteiger partial charge < -0.3 is 10.6 Å². The SMILES string of the molecule is CNCc1ccc(F)cc1-c1ccc([C@@H](C)NC(=O)c2ccc(=O)n(-c3cccnc3F)n2)s1. The summed E-state index contributed by atoms with van der Waals surface area (Å²) in [6.07, 6.45) is 1.25. The van der Waals surface area contributed by atoms with Crippen LogP contribution in [0.5, 0.6) is 0 Å². The summed E-state index contributed by atoms with van der Waals surface area (Å²) in [7, 11) is 1.82. The van der Waals surface area contributed by atoms with Gasteiger partial charge in [-0.25, -0.2) is 9.37 Å². The number of hydrogen-bond acceptors (Lipinski definition) is 6. The lowest BCUT2D eigenvalue weighted by molar-refractivity contribution is 0.0933. The van der Waals surface area contributed by atoms with E-state index in [-0.39, 0.29) is 23.2 Å². The van der Waals surface area contributed by atoms with Crippen LogP contribution in [-0.4, -0.2) is 27.7 Å². The fraction of sp³-hybridized carbons (Fsp3) is 0.167. The van der Waals surface area contributed by atoms with Crippen molar-refractivity contribution in [3.05, 3.63) is 99.0 Å². The van der Waals surface area contributed by atoms with E-state index in [0.717, 1.165) is 31.6 Å². The molecule has 174 valence electrons. The number of nitrogens with one attached hydrogen (secondary N) is 2. The Hall–Kier alpha value is -3.76. The molecule has 0 fully saturated rings. The number of pyridine rings is 1. The smallest absolute Gasteiger partial charge is 0.272 e. The normalized spacial score (nSPS) is 11.9. The third-order valence-electron chi connectivity index (χ3n) is 5.11. The van der Waals surface area contributed by atoms with Crippen molar-refractivity contribution < 1.29 is 13.6 Å². The van der Waals surface area contributed by atoms with E-state index in [2.05, 4.69) is 20.7 Å². The van der Waals surface area contributed by atoms with Crippen LogP contribution in [0.1, 0.15) is 33.9 Å². The zero-order valence-electron chi connectivity index (χ0n) is 18.4. The number of amides is 1. The van der Waals surface area contributed by atoms with Crippen molar-refractivity contribution in [2.45, 2.75) is 19.5 Å². The van der Waals surface area contributed by atoms with Crippen LogP contribution in [0.25, 0.3) is 16.1 Å². The second-order valence-electron chi connectivity index (χ2n) is 7.51. The Morgan fingerprint density at radius 2 is 1.97 bits per heavy atom. The Balaban J connectivity index is 1.55. The molecule has 2 N–H and O–H groups in total. The van der Waals surface area contributed by atoms with Crippen LogP contribution >= 0.6 is 11.3 Å². The Morgan fingerprint density at radius 3 is 2.74 bits per heavy atom. The van der Waals surface area contributed by atoms with Gasteiger partial charge in [0.25, 0.3) is 11.5 Å². The number of carbonyl (C=O) groups excluding carboxylic acids is 1. The van der Waals surface area contributed by atoms with Crippen molar-refractivity contribution >= 4 is 17.2 Å². The zero-order valence-corrected chi connectivity index (χ0v) is 19.2. The summed E-state index contributed by atoms with van der Waals surface area (Å²) in [5.74, 6) is -1.72. The van der Waals surface area contributed by atoms with Crippen molar-refractivity contribution in [2.24, 2.45) is 0 Å². The Morgan fingerprint density at radius 1 is 1.15 bits per heavy atom. The average molecular weight is 482 g/mol. The fourth-order valence-corrected chi connectivity index (χ4v) is 4.50. The lowest BCUT2D eigenvalue weighted by Gasteiger charge is -2.13. The molecule has 0 aliphatic carbocycles. The summed E-state index contributed by atoms with van der Waals surface area (Å²) in [5, 5.41) is 9.93. The molecule has 0 bridgehead atoms. The molecule has 3 heterocycles. The highest BCUT2D eigenvalue weighted by Crippen LogP contribution is 2.34. The maximum Gasteiger partial charge on any atom is 0.272 e. The first-order valence-corrected chi connectivity index (χ1v) is 11.2. The quantitative estimate of drug-likeness (QED) is 0.392. The number of benzene rings is 1. The Labute approximate surface area is 198 Å². The predicted octanol–water partition coefficient (Wildman–Crippen LogP) is 3.84. The van der Waals surface area contributed by atoms with E-state index in [4.69, 9.17) is 0 Å². The number of aromatic nitrogens is 3. The molecule has 4 rings (SSSR count). The first-order chi connectivity index (χ1) is 16.4. The Kier molecular flexibility index (Phi) is 6.90. The molecule has 4 aromatic rings. The first kappa shape index (κ1) is 23.4. The van der Waals surface area contributed by atoms with Crippen molar-refractivity contribution in [3.63, 3.8) is 0 Å². The summed E-state index contributed by atoms with van der Waals surface area (Å²) in [5.41, 5.74) is 0.963. The largest absolute Gasteiger partial charge is 0.343 e. The lowest BCUT2D eigenvalue weighted by atomic mass is 10.1. The molecular formula is C24H21F2N5O2S. The molecule has 10 heteroatoms. The number of rotatable bonds is 7. The number of halogens is 2. The average Bonchev–Trinajstić information content (AvgIpc) is 3.31. The van der Waals surface area contributed by atoms with E-state index < -0.39 is 17.4 Å². The fourth-order valence-electron chi connectivity index (χ4n) is 3.44. The third-order valence-corrected chi connectivity index (χ3v) is 6.41. The minimum Gasteiger partial charge on any atom is -0.343 e. The number of thiophene rings is 1. The molecule has 0 unspecified atom stereocenters. The van der Waals surface area contributed by atoms with Crippen molar-refractivity contribution in [2.75, 3.05) is 7.05 Å². The molecule has 1 atom stereocenters. The number of nitrogens with zero attached hydrogens (tertiary/aromatic N) is 3. The Bertz CT molecular complexity index is 1400. The van der Waals surface area contributed by atoms with Crippen LogP contribution in [0.4, 0.5) is 8.78 Å². The molecule has 0 aliphatic rings. The first-order valence-electron chi connectivity index (χ1n) is 10.4. The van der Waals surface area contributed by atoms with Gasteiger partial charge in [-0.3, -0.25) is 9.59 Å². The molecule has 1 amide bonds. The molecule has 0 saturated heterocycles. The van der Waals surface area contributed by atoms with Crippen LogP contribution in [0.15, 0.2) is 65.6 Å². The highest BCUT2D eigenvalue weighted by Gasteiger charge is 2.18. The molecule has 0 aliphatic heterocycles. The summed E-state index contributed by atoms with van der Waals surface area (Å²) in [6, 6.07) is 13.3. The molecule has 7 nitrogen and oxygen atoms in total. The molecular weight excluding hydrogens is 460 g/mol. The minimum atomic E-state index is -0.871. The van der Waals surface area contributed by atoms with Gasteiger partial charge >= 0.3 is 0 Å². The second kappa shape index (κ2) is 10.0. The molecule has 34 heavy (non-hydrogen) atoms. The van der Waals surface area contributed by atoms with E-state index in [1.165, 1.54) is 47.9 Å². The molecule has 3 aromatic heterocycles. The van der Waals surface area contributed by atoms with E-state index in [9.17, 15) is 18.4 Å². The maximum absolute atomic E-state index is 14.0. The summed E-state index contributed by atoms with van der Waals surface area (Å²) in [4.78, 5) is 30.2. The van der Waals surface area contributed by atoms with Gasteiger partial charge in [0, 0.05) is 28.6 Å². The van der Waals surface area contributed by atoms with E-state index >= 15 is 0 Å². The molecule has 0 saturated carbocycles. The van der Waals surface area contributed by atoms with E-state index in [1.54, 1.807) is 6.07 Å². The summed E-state index contributed by atoms with van der Waals surface area (Å²) < 4.78 is 28.7. The van der Waals surface area contributed by atoms with Gasteiger partial charge in [-0.2, -0.15) is 14.2 Å². The van der Waals surface area contributed by atoms with Gasteiger partial charge in [0.2, 0.25) is 5.95 Å². The topological polar surface area (TPSA) is 88.9 Å². The van der Waals surface area contributed by atoms with Crippen LogP contribution in [0.2, 0.25) is 0 Å². The van der Waals surface area contributed by atoms with Crippen molar-refractivity contribution in [1.29, 1.82) is 0 Å². The molecule has 1 aromatic carbocycles. The van der Waals surface area contributed by atoms with Gasteiger partial charge in [-0.05, 0) is 67.6 Å². The van der Waals surface area contributed by atoms with Crippen LogP contribution in [0, 0.1) is 11.8 Å². The molecule has 0 spiro atoms. The van der Waals surface area contributed by atoms with Gasteiger partial charge in [-0.1, -0.05) is 6.07 Å². The van der Waals surface area contributed by atoms with E-state index in [1.807, 2.05) is 26.1 Å². The highest BCUT2D eigenvalue weighted by molar-refractivity contribution is 7.15. The summed E-state index contributed by atoms with van der Waals surface area (Å²) in [6.45, 7) is 2.40. The van der Waals surface area contributed by atoms with Gasteiger partial charge in [0.1, 0.15) is 17.2 Å². The zero-order chi connectivity index (χ0) is 24.2. The lowest BCUT2D eigenvalue weighted by Crippen LogP contribution is -2.30. The van der Waals surface area contributed by atoms with Crippen LogP contribution < -0.4 is 16.2 Å². The van der Waals surface area contributed by atoms with Crippen LogP contribution in [0.3, 0.4) is 0 Å². The van der Waals surface area contributed by atoms with Crippen LogP contribution in [-0.2, 0) is 6.54 Å².